The number of pyridine rings is 1. The normalized spacial score (nSPS) is 14.8. The standard InChI is InChI=1S/C29H34N4O2S2/c1-3-4-5-6-7-11-18-33-28(35)24(37-29(33)36)20-23-25(30-17-16-22-14-9-8-10-15-22)31-26-21(2)13-12-19-32(26)27(23)34/h8-10,12-15,19-20,30H,3-7,11,16-18H2,1-2H3. The van der Waals surface area contributed by atoms with Crippen LogP contribution in [0.2, 0.25) is 0 Å². The van der Waals surface area contributed by atoms with Gasteiger partial charge in [-0.2, -0.15) is 0 Å². The summed E-state index contributed by atoms with van der Waals surface area (Å²) >= 11 is 6.79. The van der Waals surface area contributed by atoms with E-state index in [2.05, 4.69) is 24.4 Å². The fraction of sp³-hybridized carbons (Fsp3) is 0.379. The van der Waals surface area contributed by atoms with Crippen LogP contribution in [-0.4, -0.2) is 37.6 Å². The van der Waals surface area contributed by atoms with Crippen LogP contribution in [0, 0.1) is 6.92 Å². The monoisotopic (exact) mass is 534 g/mol. The average molecular weight is 535 g/mol. The van der Waals surface area contributed by atoms with E-state index in [9.17, 15) is 9.59 Å². The lowest BCUT2D eigenvalue weighted by Gasteiger charge is -2.14. The predicted octanol–water partition coefficient (Wildman–Crippen LogP) is 6.22. The minimum absolute atomic E-state index is 0.132. The lowest BCUT2D eigenvalue weighted by molar-refractivity contribution is -0.122. The Morgan fingerprint density at radius 1 is 1.03 bits per heavy atom. The molecule has 0 atom stereocenters. The quantitative estimate of drug-likeness (QED) is 0.169. The van der Waals surface area contributed by atoms with Gasteiger partial charge in [0.25, 0.3) is 11.5 Å². The number of nitrogens with zero attached hydrogens (tertiary/aromatic N) is 3. The van der Waals surface area contributed by atoms with Gasteiger partial charge in [0.15, 0.2) is 0 Å². The van der Waals surface area contributed by atoms with Gasteiger partial charge in [-0.1, -0.05) is 99.4 Å². The van der Waals surface area contributed by atoms with Crippen molar-refractivity contribution in [2.75, 3.05) is 18.4 Å². The van der Waals surface area contributed by atoms with Gasteiger partial charge in [0.05, 0.1) is 10.5 Å². The Bertz CT molecular complexity index is 1350. The van der Waals surface area contributed by atoms with Gasteiger partial charge in [-0.25, -0.2) is 4.98 Å². The molecule has 1 aromatic carbocycles. The first kappa shape index (κ1) is 27.1. The molecule has 0 saturated carbocycles. The first-order valence-corrected chi connectivity index (χ1v) is 14.3. The van der Waals surface area contributed by atoms with Crippen molar-refractivity contribution >= 4 is 51.7 Å². The number of unbranched alkanes of at least 4 members (excludes halogenated alkanes) is 5. The number of carbonyl (C=O) groups excluding carboxylic acids is 1. The highest BCUT2D eigenvalue weighted by atomic mass is 32.2. The number of amides is 1. The molecule has 3 aromatic rings. The number of aromatic nitrogens is 2. The fourth-order valence-electron chi connectivity index (χ4n) is 4.42. The van der Waals surface area contributed by atoms with Crippen molar-refractivity contribution in [1.29, 1.82) is 0 Å². The number of aryl methyl sites for hydroxylation is 1. The number of anilines is 1. The summed E-state index contributed by atoms with van der Waals surface area (Å²) in [5.41, 5.74) is 2.86. The number of fused-ring (bicyclic) bond motifs is 1. The maximum Gasteiger partial charge on any atom is 0.267 e. The third-order valence-corrected chi connectivity index (χ3v) is 7.90. The van der Waals surface area contributed by atoms with Crippen LogP contribution in [0.25, 0.3) is 11.7 Å². The molecule has 1 aliphatic rings. The van der Waals surface area contributed by atoms with Crippen LogP contribution >= 0.6 is 24.0 Å². The van der Waals surface area contributed by atoms with E-state index in [1.54, 1.807) is 21.6 Å². The summed E-state index contributed by atoms with van der Waals surface area (Å²) in [6, 6.07) is 13.9. The van der Waals surface area contributed by atoms with Crippen LogP contribution in [0.3, 0.4) is 0 Å². The maximum absolute atomic E-state index is 13.6. The Morgan fingerprint density at radius 3 is 2.57 bits per heavy atom. The van der Waals surface area contributed by atoms with Gasteiger partial charge in [-0.3, -0.25) is 18.9 Å². The van der Waals surface area contributed by atoms with Gasteiger partial charge in [0, 0.05) is 19.3 Å². The molecule has 8 heteroatoms. The highest BCUT2D eigenvalue weighted by molar-refractivity contribution is 8.26. The number of nitrogens with one attached hydrogen (secondary N) is 1. The minimum atomic E-state index is -0.211. The zero-order valence-electron chi connectivity index (χ0n) is 21.5. The number of carbonyl (C=O) groups is 1. The van der Waals surface area contributed by atoms with Gasteiger partial charge >= 0.3 is 0 Å². The van der Waals surface area contributed by atoms with Crippen LogP contribution in [0.15, 0.2) is 58.4 Å². The van der Waals surface area contributed by atoms with Crippen molar-refractivity contribution in [2.24, 2.45) is 0 Å². The van der Waals surface area contributed by atoms with Gasteiger partial charge < -0.3 is 5.32 Å². The Hall–Kier alpha value is -2.97. The molecule has 194 valence electrons. The zero-order valence-corrected chi connectivity index (χ0v) is 23.2. The molecule has 6 nitrogen and oxygen atoms in total. The van der Waals surface area contributed by atoms with Gasteiger partial charge in [-0.05, 0) is 43.0 Å². The van der Waals surface area contributed by atoms with Gasteiger partial charge in [-0.15, -0.1) is 0 Å². The number of rotatable bonds is 12. The second kappa shape index (κ2) is 13.0. The second-order valence-electron chi connectivity index (χ2n) is 9.33. The van der Waals surface area contributed by atoms with E-state index in [4.69, 9.17) is 17.2 Å². The van der Waals surface area contributed by atoms with Crippen molar-refractivity contribution in [3.63, 3.8) is 0 Å². The zero-order chi connectivity index (χ0) is 26.2. The average Bonchev–Trinajstić information content (AvgIpc) is 3.16. The number of hydrogen-bond donors (Lipinski definition) is 1. The molecule has 0 unspecified atom stereocenters. The van der Waals surface area contributed by atoms with Crippen molar-refractivity contribution in [3.05, 3.63) is 80.6 Å². The SMILES string of the molecule is CCCCCCCCN1C(=O)C(=Cc2c(NCCc3ccccc3)nc3c(C)cccn3c2=O)SC1=S. The summed E-state index contributed by atoms with van der Waals surface area (Å²) in [7, 11) is 0. The number of hydrogen-bond acceptors (Lipinski definition) is 6. The first-order valence-electron chi connectivity index (χ1n) is 13.0. The molecule has 0 aliphatic carbocycles. The molecule has 1 amide bonds. The third kappa shape index (κ3) is 6.67. The predicted molar refractivity (Wildman–Crippen MR) is 158 cm³/mol. The molecule has 0 radical (unpaired) electrons. The number of thioether (sulfide) groups is 1. The molecule has 1 N–H and O–H groups in total. The first-order chi connectivity index (χ1) is 18.0. The molecular weight excluding hydrogens is 500 g/mol. The summed E-state index contributed by atoms with van der Waals surface area (Å²) in [6.07, 6.45) is 11.0. The van der Waals surface area contributed by atoms with E-state index in [-0.39, 0.29) is 11.5 Å². The van der Waals surface area contributed by atoms with E-state index < -0.39 is 0 Å². The lowest BCUT2D eigenvalue weighted by Crippen LogP contribution is -2.29. The Kier molecular flexibility index (Phi) is 9.52. The smallest absolute Gasteiger partial charge is 0.267 e. The highest BCUT2D eigenvalue weighted by Gasteiger charge is 2.32. The van der Waals surface area contributed by atoms with Crippen LogP contribution in [0.4, 0.5) is 5.82 Å². The summed E-state index contributed by atoms with van der Waals surface area (Å²) in [5.74, 6) is 0.351. The van der Waals surface area contributed by atoms with Crippen LogP contribution in [0.1, 0.15) is 62.1 Å². The van der Waals surface area contributed by atoms with Gasteiger partial charge in [0.2, 0.25) is 0 Å². The molecule has 3 heterocycles. The molecule has 2 aromatic heterocycles. The second-order valence-corrected chi connectivity index (χ2v) is 11.0. The summed E-state index contributed by atoms with van der Waals surface area (Å²) in [6.45, 7) is 5.36. The van der Waals surface area contributed by atoms with Crippen LogP contribution in [-0.2, 0) is 11.2 Å². The Morgan fingerprint density at radius 2 is 1.78 bits per heavy atom. The molecular formula is C29H34N4O2S2. The van der Waals surface area contributed by atoms with Crippen molar-refractivity contribution in [3.8, 4) is 0 Å². The Labute approximate surface area is 228 Å². The molecule has 1 aliphatic heterocycles. The fourth-order valence-corrected chi connectivity index (χ4v) is 5.71. The molecule has 0 spiro atoms. The summed E-state index contributed by atoms with van der Waals surface area (Å²) < 4.78 is 2.09. The number of thiocarbonyl (C=S) groups is 1. The van der Waals surface area contributed by atoms with E-state index in [1.807, 2.05) is 37.3 Å². The molecule has 0 bridgehead atoms. The van der Waals surface area contributed by atoms with E-state index >= 15 is 0 Å². The van der Waals surface area contributed by atoms with Crippen LogP contribution < -0.4 is 10.9 Å². The minimum Gasteiger partial charge on any atom is -0.369 e. The maximum atomic E-state index is 13.6. The molecule has 37 heavy (non-hydrogen) atoms. The van der Waals surface area contributed by atoms with Crippen molar-refractivity contribution < 1.29 is 4.79 Å². The molecule has 4 rings (SSSR count). The van der Waals surface area contributed by atoms with E-state index in [0.717, 1.165) is 24.8 Å². The largest absolute Gasteiger partial charge is 0.369 e. The third-order valence-electron chi connectivity index (χ3n) is 6.52. The summed E-state index contributed by atoms with van der Waals surface area (Å²) in [5, 5.41) is 3.36. The highest BCUT2D eigenvalue weighted by Crippen LogP contribution is 2.33. The van der Waals surface area contributed by atoms with Gasteiger partial charge in [0.1, 0.15) is 15.8 Å². The Balaban J connectivity index is 1.57. The van der Waals surface area contributed by atoms with E-state index in [1.165, 1.54) is 43.0 Å². The molecule has 1 saturated heterocycles. The van der Waals surface area contributed by atoms with E-state index in [0.29, 0.717) is 39.3 Å². The number of benzene rings is 1. The van der Waals surface area contributed by atoms with Crippen molar-refractivity contribution in [1.82, 2.24) is 14.3 Å². The molecule has 1 fully saturated rings. The summed E-state index contributed by atoms with van der Waals surface area (Å²) in [4.78, 5) is 33.7. The lowest BCUT2D eigenvalue weighted by atomic mass is 10.1. The van der Waals surface area contributed by atoms with Crippen LogP contribution in [0.5, 0.6) is 0 Å². The van der Waals surface area contributed by atoms with Crippen molar-refractivity contribution in [2.45, 2.75) is 58.8 Å². The topological polar surface area (TPSA) is 66.7 Å².